The van der Waals surface area contributed by atoms with E-state index in [2.05, 4.69) is 22.8 Å². The summed E-state index contributed by atoms with van der Waals surface area (Å²) in [5.41, 5.74) is 9.70. The van der Waals surface area contributed by atoms with Crippen LogP contribution in [0.3, 0.4) is 0 Å². The molecule has 6 N–H and O–H groups in total. The number of aliphatic hydroxyl groups is 2. The maximum absolute atomic E-state index is 10.3. The fraction of sp³-hybridized carbons (Fsp3) is 0.250. The van der Waals surface area contributed by atoms with Crippen molar-refractivity contribution in [1.29, 1.82) is 0 Å². The quantitative estimate of drug-likeness (QED) is 0.226. The Bertz CT molecular complexity index is 945. The smallest absolute Gasteiger partial charge is 0.0962 e. The maximum Gasteiger partial charge on any atom is 0.0962 e. The molecule has 0 aliphatic rings. The molecule has 3 aromatic carbocycles. The van der Waals surface area contributed by atoms with Gasteiger partial charge in [0.05, 0.1) is 27.9 Å². The zero-order valence-electron chi connectivity index (χ0n) is 17.1. The van der Waals surface area contributed by atoms with Gasteiger partial charge in [0.1, 0.15) is 0 Å². The van der Waals surface area contributed by atoms with Crippen LogP contribution < -0.4 is 16.4 Å². The van der Waals surface area contributed by atoms with Gasteiger partial charge in [-0.2, -0.15) is 0 Å². The average Bonchev–Trinajstić information content (AvgIpc) is 2.79. The number of benzene rings is 3. The van der Waals surface area contributed by atoms with E-state index in [0.717, 1.165) is 17.7 Å². The molecule has 0 aromatic heterocycles. The highest BCUT2D eigenvalue weighted by atomic mass is 35.5. The number of hydrogen-bond donors (Lipinski definition) is 5. The standard InChI is InChI=1S/C24H27Cl2N3O2/c25-20-12-18(13-21(26)24(20)27)22(30)14-28-11-10-16-6-8-19(9-7-16)29-15-23(31)17-4-2-1-3-5-17/h1-9,12-13,22-23,28-31H,10-11,14-15,27H2/t22-,23-/m1/s1. The molecule has 0 unspecified atom stereocenters. The topological polar surface area (TPSA) is 90.5 Å². The summed E-state index contributed by atoms with van der Waals surface area (Å²) in [7, 11) is 0. The minimum Gasteiger partial charge on any atom is -0.396 e. The van der Waals surface area contributed by atoms with E-state index in [1.165, 1.54) is 5.56 Å². The van der Waals surface area contributed by atoms with E-state index in [-0.39, 0.29) is 0 Å². The molecule has 0 radical (unpaired) electrons. The third-order valence-electron chi connectivity index (χ3n) is 5.05. The van der Waals surface area contributed by atoms with Crippen molar-refractivity contribution < 1.29 is 10.2 Å². The van der Waals surface area contributed by atoms with Crippen molar-refractivity contribution in [2.45, 2.75) is 18.6 Å². The van der Waals surface area contributed by atoms with Crippen LogP contribution in [0.25, 0.3) is 0 Å². The van der Waals surface area contributed by atoms with Crippen molar-refractivity contribution in [1.82, 2.24) is 5.32 Å². The van der Waals surface area contributed by atoms with Gasteiger partial charge in [-0.1, -0.05) is 65.7 Å². The first-order valence-electron chi connectivity index (χ1n) is 10.1. The lowest BCUT2D eigenvalue weighted by Gasteiger charge is -2.15. The second kappa shape index (κ2) is 11.4. The summed E-state index contributed by atoms with van der Waals surface area (Å²) in [6.45, 7) is 1.54. The van der Waals surface area contributed by atoms with Crippen LogP contribution in [0.4, 0.5) is 11.4 Å². The Kier molecular flexibility index (Phi) is 8.58. The normalized spacial score (nSPS) is 13.0. The van der Waals surface area contributed by atoms with Crippen molar-refractivity contribution in [2.24, 2.45) is 0 Å². The molecule has 0 bridgehead atoms. The van der Waals surface area contributed by atoms with Crippen molar-refractivity contribution in [3.63, 3.8) is 0 Å². The molecule has 0 fully saturated rings. The lowest BCUT2D eigenvalue weighted by Crippen LogP contribution is -2.23. The highest BCUT2D eigenvalue weighted by molar-refractivity contribution is 6.38. The summed E-state index contributed by atoms with van der Waals surface area (Å²) in [6, 6.07) is 21.0. The van der Waals surface area contributed by atoms with Crippen molar-refractivity contribution in [2.75, 3.05) is 30.7 Å². The zero-order chi connectivity index (χ0) is 22.2. The molecule has 0 amide bonds. The Hall–Kier alpha value is -2.28. The summed E-state index contributed by atoms with van der Waals surface area (Å²) in [4.78, 5) is 0. The first-order chi connectivity index (χ1) is 14.9. The van der Waals surface area contributed by atoms with Crippen LogP contribution in [-0.4, -0.2) is 29.8 Å². The van der Waals surface area contributed by atoms with Crippen molar-refractivity contribution >= 4 is 34.6 Å². The third-order valence-corrected chi connectivity index (χ3v) is 5.68. The lowest BCUT2D eigenvalue weighted by atomic mass is 10.1. The van der Waals surface area contributed by atoms with E-state index in [0.29, 0.717) is 40.9 Å². The van der Waals surface area contributed by atoms with Gasteiger partial charge >= 0.3 is 0 Å². The summed E-state index contributed by atoms with van der Waals surface area (Å²) < 4.78 is 0. The molecule has 0 spiro atoms. The first-order valence-corrected chi connectivity index (χ1v) is 10.9. The maximum atomic E-state index is 10.3. The number of aliphatic hydroxyl groups excluding tert-OH is 2. The highest BCUT2D eigenvalue weighted by Gasteiger charge is 2.12. The van der Waals surface area contributed by atoms with E-state index >= 15 is 0 Å². The van der Waals surface area contributed by atoms with Crippen LogP contribution in [0.2, 0.25) is 10.0 Å². The van der Waals surface area contributed by atoms with Gasteiger partial charge < -0.3 is 26.6 Å². The number of halogens is 2. The van der Waals surface area contributed by atoms with E-state index in [4.69, 9.17) is 28.9 Å². The van der Waals surface area contributed by atoms with Gasteiger partial charge in [-0.25, -0.2) is 0 Å². The SMILES string of the molecule is Nc1c(Cl)cc([C@H](O)CNCCc2ccc(NC[C@@H](O)c3ccccc3)cc2)cc1Cl. The minimum absolute atomic E-state index is 0.319. The predicted octanol–water partition coefficient (Wildman–Crippen LogP) is 4.59. The Balaban J connectivity index is 1.40. The fourth-order valence-corrected chi connectivity index (χ4v) is 3.69. The number of hydrogen-bond acceptors (Lipinski definition) is 5. The molecule has 0 aliphatic heterocycles. The highest BCUT2D eigenvalue weighted by Crippen LogP contribution is 2.31. The van der Waals surface area contributed by atoms with Crippen LogP contribution in [-0.2, 0) is 6.42 Å². The van der Waals surface area contributed by atoms with Gasteiger partial charge in [-0.3, -0.25) is 0 Å². The van der Waals surface area contributed by atoms with Gasteiger partial charge in [0, 0.05) is 18.8 Å². The van der Waals surface area contributed by atoms with Gasteiger partial charge in [-0.05, 0) is 53.9 Å². The molecule has 31 heavy (non-hydrogen) atoms. The van der Waals surface area contributed by atoms with Crippen LogP contribution in [0, 0.1) is 0 Å². The molecular formula is C24H27Cl2N3O2. The van der Waals surface area contributed by atoms with E-state index in [1.807, 2.05) is 42.5 Å². The second-order valence-electron chi connectivity index (χ2n) is 7.37. The summed E-state index contributed by atoms with van der Waals surface area (Å²) in [5.74, 6) is 0. The Morgan fingerprint density at radius 3 is 2.06 bits per heavy atom. The van der Waals surface area contributed by atoms with Crippen molar-refractivity contribution in [3.8, 4) is 0 Å². The van der Waals surface area contributed by atoms with Crippen LogP contribution in [0.5, 0.6) is 0 Å². The molecule has 3 aromatic rings. The molecule has 0 saturated carbocycles. The van der Waals surface area contributed by atoms with Gasteiger partial charge in [0.15, 0.2) is 0 Å². The van der Waals surface area contributed by atoms with Crippen molar-refractivity contribution in [3.05, 3.63) is 93.5 Å². The van der Waals surface area contributed by atoms with Crippen LogP contribution in [0.1, 0.15) is 28.9 Å². The van der Waals surface area contributed by atoms with E-state index in [9.17, 15) is 10.2 Å². The monoisotopic (exact) mass is 459 g/mol. The summed E-state index contributed by atoms with van der Waals surface area (Å²) in [6.07, 6.45) is -0.455. The van der Waals surface area contributed by atoms with E-state index in [1.54, 1.807) is 12.1 Å². The van der Waals surface area contributed by atoms with Crippen LogP contribution in [0.15, 0.2) is 66.7 Å². The third kappa shape index (κ3) is 6.86. The minimum atomic E-state index is -0.724. The fourth-order valence-electron chi connectivity index (χ4n) is 3.18. The number of nitrogens with two attached hydrogens (primary N) is 1. The molecule has 2 atom stereocenters. The summed E-state index contributed by atoms with van der Waals surface area (Å²) >= 11 is 12.1. The number of anilines is 2. The average molecular weight is 460 g/mol. The van der Waals surface area contributed by atoms with Gasteiger partial charge in [-0.15, -0.1) is 0 Å². The Morgan fingerprint density at radius 2 is 1.42 bits per heavy atom. The van der Waals surface area contributed by atoms with Gasteiger partial charge in [0.25, 0.3) is 0 Å². The zero-order valence-corrected chi connectivity index (χ0v) is 18.6. The number of nitrogen functional groups attached to an aromatic ring is 1. The molecule has 3 rings (SSSR count). The molecular weight excluding hydrogens is 433 g/mol. The van der Waals surface area contributed by atoms with Crippen LogP contribution >= 0.6 is 23.2 Å². The Labute approximate surface area is 192 Å². The molecule has 7 heteroatoms. The molecule has 164 valence electrons. The molecule has 5 nitrogen and oxygen atoms in total. The number of rotatable bonds is 10. The second-order valence-corrected chi connectivity index (χ2v) is 8.19. The molecule has 0 aliphatic carbocycles. The van der Waals surface area contributed by atoms with E-state index < -0.39 is 12.2 Å². The first kappa shape index (κ1) is 23.4. The Morgan fingerprint density at radius 1 is 0.806 bits per heavy atom. The van der Waals surface area contributed by atoms with Gasteiger partial charge in [0.2, 0.25) is 0 Å². The summed E-state index contributed by atoms with van der Waals surface area (Å²) in [5, 5.41) is 27.7. The number of nitrogens with one attached hydrogen (secondary N) is 2. The largest absolute Gasteiger partial charge is 0.396 e. The predicted molar refractivity (Wildman–Crippen MR) is 129 cm³/mol. The molecule has 0 heterocycles. The molecule has 0 saturated heterocycles. The lowest BCUT2D eigenvalue weighted by molar-refractivity contribution is 0.175.